The number of anilines is 5. The molecule has 0 aliphatic carbocycles. The molecule has 4 aliphatic heterocycles. The second kappa shape index (κ2) is 14.4. The van der Waals surface area contributed by atoms with Crippen LogP contribution in [-0.2, 0) is 44.2 Å². The molecule has 1 N–H and O–H groups in total. The number of alkyl halides is 1. The van der Waals surface area contributed by atoms with Crippen LogP contribution in [0.15, 0.2) is 97.2 Å². The summed E-state index contributed by atoms with van der Waals surface area (Å²) in [6.45, 7) is 5.14. The second-order valence-electron chi connectivity index (χ2n) is 15.7. The molecule has 58 heavy (non-hydrogen) atoms. The van der Waals surface area contributed by atoms with Crippen LogP contribution in [0.1, 0.15) is 44.0 Å². The zero-order chi connectivity index (χ0) is 40.3. The Morgan fingerprint density at radius 3 is 2.10 bits per heavy atom. The average Bonchev–Trinajstić information content (AvgIpc) is 3.86. The van der Waals surface area contributed by atoms with Crippen molar-refractivity contribution in [1.29, 1.82) is 0 Å². The van der Waals surface area contributed by atoms with Gasteiger partial charge in [-0.2, -0.15) is 0 Å². The SMILES string of the molecule is C[C@H]1[C@H](C(C)(C)F)[C@@H](CCn2cc(CCO)nn2)O[C@]12C(=O)N(Cc1ccc(N3C(=O)COc4ccccc43)cc1)c1ccc(N3C(=O)COc4ccccc43)cc12. The number of hydrogen-bond donors (Lipinski definition) is 1. The summed E-state index contributed by atoms with van der Waals surface area (Å²) in [5.41, 5.74) is 1.66. The first-order valence-electron chi connectivity index (χ1n) is 19.5. The molecule has 0 radical (unpaired) electrons. The molecule has 4 atom stereocenters. The number of nitrogens with zero attached hydrogens (tertiary/aromatic N) is 6. The summed E-state index contributed by atoms with van der Waals surface area (Å²) in [6, 6.07) is 27.6. The lowest BCUT2D eigenvalue weighted by molar-refractivity contribution is -0.146. The number of carbonyl (C=O) groups excluding carboxylic acids is 3. The number of benzene rings is 4. The zero-order valence-electron chi connectivity index (χ0n) is 32.4. The number of aliphatic hydroxyl groups is 1. The lowest BCUT2D eigenvalue weighted by atomic mass is 9.71. The van der Waals surface area contributed by atoms with Gasteiger partial charge in [0.1, 0.15) is 17.2 Å². The smallest absolute Gasteiger partial charge is 0.269 e. The third-order valence-corrected chi connectivity index (χ3v) is 11.7. The highest BCUT2D eigenvalue weighted by atomic mass is 19.1. The van der Waals surface area contributed by atoms with Crippen molar-refractivity contribution < 1.29 is 38.1 Å². The Bertz CT molecular complexity index is 2410. The maximum atomic E-state index is 16.5. The molecule has 5 aromatic rings. The van der Waals surface area contributed by atoms with Gasteiger partial charge in [-0.15, -0.1) is 5.10 Å². The van der Waals surface area contributed by atoms with Crippen LogP contribution in [0.3, 0.4) is 0 Å². The van der Waals surface area contributed by atoms with E-state index in [0.29, 0.717) is 70.6 Å². The molecule has 0 saturated carbocycles. The number of rotatable bonds is 10. The van der Waals surface area contributed by atoms with Crippen molar-refractivity contribution >= 4 is 46.2 Å². The van der Waals surface area contributed by atoms with Gasteiger partial charge >= 0.3 is 0 Å². The minimum atomic E-state index is -1.74. The number of para-hydroxylation sites is 4. The number of fused-ring (bicyclic) bond motifs is 4. The molecule has 3 amide bonds. The first-order chi connectivity index (χ1) is 28.0. The topological polar surface area (TPSA) is 140 Å². The highest BCUT2D eigenvalue weighted by Crippen LogP contribution is 2.59. The van der Waals surface area contributed by atoms with E-state index < -0.39 is 29.2 Å². The summed E-state index contributed by atoms with van der Waals surface area (Å²) >= 11 is 0. The zero-order valence-corrected chi connectivity index (χ0v) is 32.4. The number of aliphatic hydroxyl groups excluding tert-OH is 1. The minimum Gasteiger partial charge on any atom is -0.482 e. The number of hydrogen-bond acceptors (Lipinski definition) is 9. The van der Waals surface area contributed by atoms with Crippen LogP contribution in [0.2, 0.25) is 0 Å². The molecule has 13 nitrogen and oxygen atoms in total. The summed E-state index contributed by atoms with van der Waals surface area (Å²) in [5.74, 6) is -0.963. The molecule has 1 saturated heterocycles. The van der Waals surface area contributed by atoms with Crippen LogP contribution >= 0.6 is 0 Å². The van der Waals surface area contributed by atoms with Gasteiger partial charge in [-0.05, 0) is 80.4 Å². The number of halogens is 1. The van der Waals surface area contributed by atoms with Gasteiger partial charge in [0.2, 0.25) is 0 Å². The number of ether oxygens (including phenoxy) is 3. The van der Waals surface area contributed by atoms with Crippen molar-refractivity contribution in [3.63, 3.8) is 0 Å². The molecule has 1 spiro atoms. The van der Waals surface area contributed by atoms with Gasteiger partial charge in [0.05, 0.1) is 35.4 Å². The van der Waals surface area contributed by atoms with Gasteiger partial charge in [0, 0.05) is 54.5 Å². The Balaban J connectivity index is 1.10. The van der Waals surface area contributed by atoms with Gasteiger partial charge in [-0.1, -0.05) is 48.5 Å². The molecule has 5 heterocycles. The maximum absolute atomic E-state index is 16.5. The van der Waals surface area contributed by atoms with E-state index in [1.807, 2.05) is 91.9 Å². The van der Waals surface area contributed by atoms with E-state index in [1.165, 1.54) is 13.8 Å². The van der Waals surface area contributed by atoms with E-state index >= 15 is 9.18 Å². The number of carbonyl (C=O) groups is 3. The first kappa shape index (κ1) is 37.5. The van der Waals surface area contributed by atoms with E-state index in [4.69, 9.17) is 14.2 Å². The minimum absolute atomic E-state index is 0.0591. The second-order valence-corrected chi connectivity index (χ2v) is 15.7. The van der Waals surface area contributed by atoms with E-state index in [9.17, 15) is 14.7 Å². The summed E-state index contributed by atoms with van der Waals surface area (Å²) in [7, 11) is 0. The molecular weight excluding hydrogens is 744 g/mol. The molecule has 4 aliphatic rings. The first-order valence-corrected chi connectivity index (χ1v) is 19.5. The number of aryl methyl sites for hydroxylation is 1. The quantitative estimate of drug-likeness (QED) is 0.176. The average molecular weight is 787 g/mol. The maximum Gasteiger partial charge on any atom is 0.269 e. The highest BCUT2D eigenvalue weighted by molar-refractivity contribution is 6.10. The predicted molar refractivity (Wildman–Crippen MR) is 212 cm³/mol. The lowest BCUT2D eigenvalue weighted by Crippen LogP contribution is -2.45. The molecule has 9 rings (SSSR count). The normalized spacial score (nSPS) is 22.5. The monoisotopic (exact) mass is 786 g/mol. The van der Waals surface area contributed by atoms with Crippen LogP contribution in [0.4, 0.5) is 32.8 Å². The lowest BCUT2D eigenvalue weighted by Gasteiger charge is -2.33. The van der Waals surface area contributed by atoms with Crippen LogP contribution < -0.4 is 24.2 Å². The van der Waals surface area contributed by atoms with Crippen molar-refractivity contribution in [1.82, 2.24) is 15.0 Å². The van der Waals surface area contributed by atoms with E-state index in [1.54, 1.807) is 31.6 Å². The Kier molecular flexibility index (Phi) is 9.28. The molecule has 0 bridgehead atoms. The Morgan fingerprint density at radius 1 is 0.845 bits per heavy atom. The third-order valence-electron chi connectivity index (χ3n) is 11.7. The predicted octanol–water partition coefficient (Wildman–Crippen LogP) is 6.16. The van der Waals surface area contributed by atoms with Crippen molar-refractivity contribution in [2.75, 3.05) is 34.5 Å². The third kappa shape index (κ3) is 6.18. The van der Waals surface area contributed by atoms with Gasteiger partial charge in [-0.25, -0.2) is 4.39 Å². The van der Waals surface area contributed by atoms with Crippen molar-refractivity contribution in [3.05, 3.63) is 114 Å². The summed E-state index contributed by atoms with van der Waals surface area (Å²) in [6.07, 6.45) is 1.76. The molecule has 298 valence electrons. The summed E-state index contributed by atoms with van der Waals surface area (Å²) in [5, 5.41) is 17.7. The molecule has 1 aromatic heterocycles. The van der Waals surface area contributed by atoms with Crippen molar-refractivity contribution in [3.8, 4) is 11.5 Å². The van der Waals surface area contributed by atoms with Crippen molar-refractivity contribution in [2.24, 2.45) is 11.8 Å². The summed E-state index contributed by atoms with van der Waals surface area (Å²) < 4.78 is 36.6. The fourth-order valence-corrected chi connectivity index (χ4v) is 9.24. The van der Waals surface area contributed by atoms with Gasteiger partial charge in [0.15, 0.2) is 18.8 Å². The molecule has 1 fully saturated rings. The largest absolute Gasteiger partial charge is 0.482 e. The molecule has 0 unspecified atom stereocenters. The Hall–Kier alpha value is -6.12. The van der Waals surface area contributed by atoms with Gasteiger partial charge < -0.3 is 24.2 Å². The highest BCUT2D eigenvalue weighted by Gasteiger charge is 2.66. The van der Waals surface area contributed by atoms with Gasteiger partial charge in [0.25, 0.3) is 17.7 Å². The molecule has 14 heteroatoms. The molecule has 4 aromatic carbocycles. The van der Waals surface area contributed by atoms with Crippen LogP contribution in [0, 0.1) is 11.8 Å². The Labute approximate surface area is 334 Å². The van der Waals surface area contributed by atoms with E-state index in [0.717, 1.165) is 5.56 Å². The number of aromatic nitrogens is 3. The number of amides is 3. The fourth-order valence-electron chi connectivity index (χ4n) is 9.24. The van der Waals surface area contributed by atoms with Gasteiger partial charge in [-0.3, -0.25) is 28.9 Å². The van der Waals surface area contributed by atoms with E-state index in [-0.39, 0.29) is 44.1 Å². The van der Waals surface area contributed by atoms with Crippen LogP contribution in [-0.4, -0.2) is 69.4 Å². The molecular formula is C44H43FN6O7. The van der Waals surface area contributed by atoms with Crippen LogP contribution in [0.25, 0.3) is 0 Å². The fraction of sp³-hybridized carbons (Fsp3) is 0.341. The summed E-state index contributed by atoms with van der Waals surface area (Å²) in [4.78, 5) is 46.7. The van der Waals surface area contributed by atoms with Crippen LogP contribution in [0.5, 0.6) is 11.5 Å². The van der Waals surface area contributed by atoms with E-state index in [2.05, 4.69) is 10.3 Å². The van der Waals surface area contributed by atoms with Crippen molar-refractivity contribution in [2.45, 2.75) is 64.1 Å². The standard InChI is InChI=1S/C44H43FN6O7/c1-27-41(43(2,3)45)38(18-20-48-24-29(19-21-52)46-47-48)58-44(27)32-22-31(51-35-9-5-7-11-37(35)57-26-40(51)54)16-17-33(32)49(42(44)55)23-28-12-14-30(15-13-28)50-34-8-4-6-10-36(34)56-25-39(50)53/h4-17,22,24,27,38,41,52H,18-21,23,25-26H2,1-3H3/t27-,38+,41-,44+/m0/s1. The Morgan fingerprint density at radius 2 is 1.47 bits per heavy atom.